The first-order chi connectivity index (χ1) is 12.9. The van der Waals surface area contributed by atoms with E-state index in [0.29, 0.717) is 23.5 Å². The highest BCUT2D eigenvalue weighted by molar-refractivity contribution is 6.04. The number of nitrogens with zero attached hydrogens (tertiary/aromatic N) is 2. The van der Waals surface area contributed by atoms with Gasteiger partial charge in [-0.3, -0.25) is 9.59 Å². The molecule has 1 aliphatic rings. The molecule has 4 rings (SSSR count). The first kappa shape index (κ1) is 17.3. The van der Waals surface area contributed by atoms with Gasteiger partial charge in [-0.2, -0.15) is 0 Å². The molecule has 1 aromatic heterocycles. The summed E-state index contributed by atoms with van der Waals surface area (Å²) in [7, 11) is 0. The molecule has 0 bridgehead atoms. The summed E-state index contributed by atoms with van der Waals surface area (Å²) < 4.78 is 5.48. The van der Waals surface area contributed by atoms with Crippen LogP contribution >= 0.6 is 0 Å². The molecule has 2 amide bonds. The molecule has 27 heavy (non-hydrogen) atoms. The number of aryl methyl sites for hydroxylation is 2. The molecule has 2 aromatic carbocycles. The Morgan fingerprint density at radius 1 is 1.22 bits per heavy atom. The molecular formula is C21H21N3O3. The number of anilines is 2. The average Bonchev–Trinajstić information content (AvgIpc) is 3.20. The molecule has 1 fully saturated rings. The summed E-state index contributed by atoms with van der Waals surface area (Å²) in [5, 5.41) is 2.97. The van der Waals surface area contributed by atoms with E-state index in [1.54, 1.807) is 17.9 Å². The number of amides is 2. The van der Waals surface area contributed by atoms with Crippen LogP contribution < -0.4 is 10.2 Å². The van der Waals surface area contributed by atoms with Crippen molar-refractivity contribution in [3.8, 4) is 0 Å². The zero-order chi connectivity index (χ0) is 19.1. The van der Waals surface area contributed by atoms with Gasteiger partial charge in [-0.05, 0) is 49.2 Å². The number of hydrogen-bond donors (Lipinski definition) is 1. The average molecular weight is 363 g/mol. The normalized spacial score (nSPS) is 16.9. The topological polar surface area (TPSA) is 75.4 Å². The number of aromatic nitrogens is 1. The van der Waals surface area contributed by atoms with Gasteiger partial charge in [0.15, 0.2) is 11.5 Å². The van der Waals surface area contributed by atoms with E-state index in [0.717, 1.165) is 22.5 Å². The van der Waals surface area contributed by atoms with E-state index in [-0.39, 0.29) is 24.2 Å². The second-order valence-corrected chi connectivity index (χ2v) is 7.03. The SMILES string of the molecule is Cc1nc2cc(N3C[C@@H](C(=O)Nc4cccc(C)c4C)CC3=O)ccc2o1. The van der Waals surface area contributed by atoms with Gasteiger partial charge in [0.25, 0.3) is 0 Å². The monoisotopic (exact) mass is 363 g/mol. The molecule has 1 aliphatic heterocycles. The van der Waals surface area contributed by atoms with E-state index < -0.39 is 0 Å². The minimum absolute atomic E-state index is 0.0596. The quantitative estimate of drug-likeness (QED) is 0.769. The highest BCUT2D eigenvalue weighted by Crippen LogP contribution is 2.29. The van der Waals surface area contributed by atoms with Crippen LogP contribution in [-0.2, 0) is 9.59 Å². The lowest BCUT2D eigenvalue weighted by atomic mass is 10.1. The minimum atomic E-state index is -0.382. The Balaban J connectivity index is 1.52. The third-order valence-corrected chi connectivity index (χ3v) is 5.15. The van der Waals surface area contributed by atoms with Crippen LogP contribution in [0.25, 0.3) is 11.1 Å². The van der Waals surface area contributed by atoms with E-state index in [9.17, 15) is 9.59 Å². The van der Waals surface area contributed by atoms with E-state index in [2.05, 4.69) is 10.3 Å². The van der Waals surface area contributed by atoms with Gasteiger partial charge in [-0.25, -0.2) is 4.98 Å². The van der Waals surface area contributed by atoms with E-state index in [1.807, 2.05) is 44.2 Å². The number of rotatable bonds is 3. The Hall–Kier alpha value is -3.15. The van der Waals surface area contributed by atoms with Gasteiger partial charge in [-0.15, -0.1) is 0 Å². The Bertz CT molecular complexity index is 1050. The molecule has 6 heteroatoms. The number of nitrogens with one attached hydrogen (secondary N) is 1. The Morgan fingerprint density at radius 2 is 2.04 bits per heavy atom. The van der Waals surface area contributed by atoms with Crippen molar-refractivity contribution in [2.24, 2.45) is 5.92 Å². The highest BCUT2D eigenvalue weighted by atomic mass is 16.3. The first-order valence-corrected chi connectivity index (χ1v) is 8.97. The third kappa shape index (κ3) is 3.18. The van der Waals surface area contributed by atoms with Crippen LogP contribution in [0.5, 0.6) is 0 Å². The Kier molecular flexibility index (Phi) is 4.18. The molecular weight excluding hydrogens is 342 g/mol. The number of oxazole rings is 1. The van der Waals surface area contributed by atoms with Crippen LogP contribution in [0.1, 0.15) is 23.4 Å². The van der Waals surface area contributed by atoms with Crippen LogP contribution in [0.2, 0.25) is 0 Å². The van der Waals surface area contributed by atoms with Crippen LogP contribution in [-0.4, -0.2) is 23.3 Å². The summed E-state index contributed by atoms with van der Waals surface area (Å²) in [5.41, 5.74) is 5.09. The molecule has 3 aromatic rings. The number of carbonyl (C=O) groups is 2. The van der Waals surface area contributed by atoms with Crippen LogP contribution in [0.4, 0.5) is 11.4 Å². The predicted molar refractivity (Wildman–Crippen MR) is 104 cm³/mol. The van der Waals surface area contributed by atoms with Gasteiger partial charge in [0, 0.05) is 31.3 Å². The molecule has 138 valence electrons. The molecule has 0 aliphatic carbocycles. The van der Waals surface area contributed by atoms with Crippen molar-refractivity contribution in [3.05, 3.63) is 53.4 Å². The molecule has 1 N–H and O–H groups in total. The molecule has 0 unspecified atom stereocenters. The van der Waals surface area contributed by atoms with Crippen LogP contribution in [0, 0.1) is 26.7 Å². The maximum absolute atomic E-state index is 12.7. The molecule has 0 spiro atoms. The number of benzene rings is 2. The van der Waals surface area contributed by atoms with E-state index in [1.165, 1.54) is 0 Å². The van der Waals surface area contributed by atoms with Crippen molar-refractivity contribution in [1.82, 2.24) is 4.98 Å². The summed E-state index contributed by atoms with van der Waals surface area (Å²) >= 11 is 0. The zero-order valence-corrected chi connectivity index (χ0v) is 15.6. The van der Waals surface area contributed by atoms with Crippen molar-refractivity contribution in [1.29, 1.82) is 0 Å². The predicted octanol–water partition coefficient (Wildman–Crippen LogP) is 3.74. The van der Waals surface area contributed by atoms with Crippen molar-refractivity contribution in [2.75, 3.05) is 16.8 Å². The lowest BCUT2D eigenvalue weighted by Gasteiger charge is -2.17. The van der Waals surface area contributed by atoms with Gasteiger partial charge < -0.3 is 14.6 Å². The van der Waals surface area contributed by atoms with Crippen LogP contribution in [0.15, 0.2) is 40.8 Å². The van der Waals surface area contributed by atoms with E-state index in [4.69, 9.17) is 4.42 Å². The van der Waals surface area contributed by atoms with Gasteiger partial charge in [0.05, 0.1) is 5.92 Å². The lowest BCUT2D eigenvalue weighted by Crippen LogP contribution is -2.28. The van der Waals surface area contributed by atoms with Crippen molar-refractivity contribution >= 4 is 34.3 Å². The fourth-order valence-corrected chi connectivity index (χ4v) is 3.45. The Labute approximate surface area is 157 Å². The molecule has 0 radical (unpaired) electrons. The minimum Gasteiger partial charge on any atom is -0.441 e. The molecule has 2 heterocycles. The second-order valence-electron chi connectivity index (χ2n) is 7.03. The molecule has 0 saturated carbocycles. The fraction of sp³-hybridized carbons (Fsp3) is 0.286. The van der Waals surface area contributed by atoms with Gasteiger partial charge >= 0.3 is 0 Å². The zero-order valence-electron chi connectivity index (χ0n) is 15.6. The van der Waals surface area contributed by atoms with Crippen molar-refractivity contribution in [3.63, 3.8) is 0 Å². The summed E-state index contributed by atoms with van der Waals surface area (Å²) in [5.74, 6) is 0.0152. The first-order valence-electron chi connectivity index (χ1n) is 8.97. The van der Waals surface area contributed by atoms with Gasteiger partial charge in [0.2, 0.25) is 11.8 Å². The lowest BCUT2D eigenvalue weighted by molar-refractivity contribution is -0.122. The van der Waals surface area contributed by atoms with Gasteiger partial charge in [0.1, 0.15) is 5.52 Å². The fourth-order valence-electron chi connectivity index (χ4n) is 3.45. The van der Waals surface area contributed by atoms with E-state index >= 15 is 0 Å². The summed E-state index contributed by atoms with van der Waals surface area (Å²) in [6.07, 6.45) is 0.201. The number of fused-ring (bicyclic) bond motifs is 1. The summed E-state index contributed by atoms with van der Waals surface area (Å²) in [6, 6.07) is 11.3. The van der Waals surface area contributed by atoms with Gasteiger partial charge in [-0.1, -0.05) is 12.1 Å². The number of hydrogen-bond acceptors (Lipinski definition) is 4. The van der Waals surface area contributed by atoms with Crippen molar-refractivity contribution in [2.45, 2.75) is 27.2 Å². The molecule has 6 nitrogen and oxygen atoms in total. The smallest absolute Gasteiger partial charge is 0.229 e. The summed E-state index contributed by atoms with van der Waals surface area (Å²) in [6.45, 7) is 6.13. The maximum atomic E-state index is 12.7. The maximum Gasteiger partial charge on any atom is 0.229 e. The number of carbonyl (C=O) groups excluding carboxylic acids is 2. The molecule has 1 saturated heterocycles. The van der Waals surface area contributed by atoms with Crippen molar-refractivity contribution < 1.29 is 14.0 Å². The molecule has 1 atom stereocenters. The second kappa shape index (κ2) is 6.54. The highest BCUT2D eigenvalue weighted by Gasteiger charge is 2.35. The standard InChI is InChI=1S/C21H21N3O3/c1-12-5-4-6-17(13(12)2)23-21(26)15-9-20(25)24(11-15)16-7-8-19-18(10-16)22-14(3)27-19/h4-8,10,15H,9,11H2,1-3H3,(H,23,26)/t15-/m0/s1. The Morgan fingerprint density at radius 3 is 2.85 bits per heavy atom. The van der Waals surface area contributed by atoms with Crippen LogP contribution in [0.3, 0.4) is 0 Å². The summed E-state index contributed by atoms with van der Waals surface area (Å²) in [4.78, 5) is 31.2. The third-order valence-electron chi connectivity index (χ3n) is 5.15. The largest absolute Gasteiger partial charge is 0.441 e.